The Morgan fingerprint density at radius 1 is 1.37 bits per heavy atom. The second kappa shape index (κ2) is 6.33. The molecule has 0 amide bonds. The summed E-state index contributed by atoms with van der Waals surface area (Å²) in [6.07, 6.45) is 5.55. The monoisotopic (exact) mass is 260 g/mol. The third-order valence-corrected chi connectivity index (χ3v) is 2.74. The van der Waals surface area contributed by atoms with E-state index in [-0.39, 0.29) is 6.10 Å². The molecule has 0 bridgehead atoms. The fourth-order valence-electron chi connectivity index (χ4n) is 1.77. The lowest BCUT2D eigenvalue weighted by molar-refractivity contribution is 0.229. The first-order chi connectivity index (χ1) is 9.16. The van der Waals surface area contributed by atoms with Gasteiger partial charge in [-0.15, -0.1) is 0 Å². The van der Waals surface area contributed by atoms with Crippen LogP contribution in [0.1, 0.15) is 25.1 Å². The molecule has 0 atom stereocenters. The molecule has 2 rings (SSSR count). The van der Waals surface area contributed by atoms with Crippen LogP contribution in [0.15, 0.2) is 30.9 Å². The highest BCUT2D eigenvalue weighted by Gasteiger charge is 2.06. The van der Waals surface area contributed by atoms with E-state index in [2.05, 4.69) is 15.3 Å². The first-order valence-electron chi connectivity index (χ1n) is 6.43. The number of aryl methyl sites for hydroxylation is 1. The van der Waals surface area contributed by atoms with Gasteiger partial charge < -0.3 is 14.6 Å². The van der Waals surface area contributed by atoms with Crippen LogP contribution in [0.4, 0.5) is 0 Å². The smallest absolute Gasteiger partial charge is 0.218 e. The zero-order valence-corrected chi connectivity index (χ0v) is 11.6. The third kappa shape index (κ3) is 3.79. The number of imidazole rings is 1. The van der Waals surface area contributed by atoms with Crippen molar-refractivity contribution in [3.8, 4) is 5.88 Å². The Hall–Kier alpha value is -1.88. The highest BCUT2D eigenvalue weighted by atomic mass is 16.5. The van der Waals surface area contributed by atoms with Crippen LogP contribution in [0.2, 0.25) is 0 Å². The number of nitrogens with zero attached hydrogens (tertiary/aromatic N) is 3. The van der Waals surface area contributed by atoms with Crippen molar-refractivity contribution < 1.29 is 4.74 Å². The second-order valence-corrected chi connectivity index (χ2v) is 4.73. The van der Waals surface area contributed by atoms with Crippen LogP contribution in [0.3, 0.4) is 0 Å². The molecule has 5 heteroatoms. The van der Waals surface area contributed by atoms with Gasteiger partial charge in [0, 0.05) is 38.1 Å². The van der Waals surface area contributed by atoms with Crippen molar-refractivity contribution in [2.75, 3.05) is 0 Å². The largest absolute Gasteiger partial charge is 0.475 e. The Morgan fingerprint density at radius 3 is 2.89 bits per heavy atom. The summed E-state index contributed by atoms with van der Waals surface area (Å²) in [5.74, 6) is 0.704. The number of hydrogen-bond acceptors (Lipinski definition) is 4. The van der Waals surface area contributed by atoms with Gasteiger partial charge in [0.05, 0.1) is 18.1 Å². The maximum atomic E-state index is 5.69. The normalized spacial score (nSPS) is 10.9. The van der Waals surface area contributed by atoms with Crippen LogP contribution in [0, 0.1) is 0 Å². The molecule has 0 saturated carbocycles. The second-order valence-electron chi connectivity index (χ2n) is 4.73. The molecule has 0 aliphatic rings. The minimum atomic E-state index is 0.130. The zero-order valence-electron chi connectivity index (χ0n) is 11.6. The van der Waals surface area contributed by atoms with Crippen molar-refractivity contribution in [1.29, 1.82) is 0 Å². The number of ether oxygens (including phenoxy) is 1. The van der Waals surface area contributed by atoms with Gasteiger partial charge in [-0.3, -0.25) is 0 Å². The summed E-state index contributed by atoms with van der Waals surface area (Å²) in [6, 6.07) is 3.95. The van der Waals surface area contributed by atoms with E-state index >= 15 is 0 Å². The summed E-state index contributed by atoms with van der Waals surface area (Å²) in [6.45, 7) is 5.50. The van der Waals surface area contributed by atoms with Crippen LogP contribution in [-0.2, 0) is 20.1 Å². The van der Waals surface area contributed by atoms with Crippen molar-refractivity contribution in [2.45, 2.75) is 33.0 Å². The molecule has 0 aromatic carbocycles. The van der Waals surface area contributed by atoms with E-state index in [0.29, 0.717) is 5.88 Å². The van der Waals surface area contributed by atoms with E-state index < -0.39 is 0 Å². The van der Waals surface area contributed by atoms with Crippen molar-refractivity contribution in [3.63, 3.8) is 0 Å². The van der Waals surface area contributed by atoms with Crippen molar-refractivity contribution in [3.05, 3.63) is 42.1 Å². The Labute approximate surface area is 113 Å². The number of aromatic nitrogens is 3. The Kier molecular flexibility index (Phi) is 4.52. The summed E-state index contributed by atoms with van der Waals surface area (Å²) < 4.78 is 7.69. The van der Waals surface area contributed by atoms with Crippen LogP contribution in [0.25, 0.3) is 0 Å². The van der Waals surface area contributed by atoms with E-state index in [9.17, 15) is 0 Å². The molecule has 102 valence electrons. The molecule has 0 aliphatic heterocycles. The highest BCUT2D eigenvalue weighted by Crippen LogP contribution is 2.15. The van der Waals surface area contributed by atoms with E-state index in [4.69, 9.17) is 4.74 Å². The minimum Gasteiger partial charge on any atom is -0.475 e. The van der Waals surface area contributed by atoms with Gasteiger partial charge in [-0.1, -0.05) is 6.07 Å². The molecule has 2 aromatic heterocycles. The molecule has 19 heavy (non-hydrogen) atoms. The molecule has 0 radical (unpaired) electrons. The van der Waals surface area contributed by atoms with Crippen molar-refractivity contribution in [2.24, 2.45) is 7.05 Å². The number of pyridine rings is 1. The lowest BCUT2D eigenvalue weighted by Gasteiger charge is -2.13. The minimum absolute atomic E-state index is 0.130. The molecular weight excluding hydrogens is 240 g/mol. The maximum absolute atomic E-state index is 5.69. The lowest BCUT2D eigenvalue weighted by atomic mass is 10.2. The van der Waals surface area contributed by atoms with Crippen LogP contribution >= 0.6 is 0 Å². The average molecular weight is 260 g/mol. The van der Waals surface area contributed by atoms with Crippen LogP contribution in [-0.4, -0.2) is 20.6 Å². The molecule has 2 heterocycles. The standard InChI is InChI=1S/C14H20N4O/c1-11(2)19-14-12(5-4-6-17-14)7-15-8-13-9-16-10-18(13)3/h4-6,9-11,15H,7-8H2,1-3H3. The summed E-state index contributed by atoms with van der Waals surface area (Å²) in [4.78, 5) is 8.36. The van der Waals surface area contributed by atoms with E-state index in [1.165, 1.54) is 0 Å². The topological polar surface area (TPSA) is 52.0 Å². The van der Waals surface area contributed by atoms with Gasteiger partial charge in [0.2, 0.25) is 5.88 Å². The molecule has 0 spiro atoms. The third-order valence-electron chi connectivity index (χ3n) is 2.74. The van der Waals surface area contributed by atoms with E-state index in [1.54, 1.807) is 12.5 Å². The summed E-state index contributed by atoms with van der Waals surface area (Å²) in [5, 5.41) is 3.38. The molecule has 0 unspecified atom stereocenters. The molecular formula is C14H20N4O. The number of nitrogens with one attached hydrogen (secondary N) is 1. The Bertz CT molecular complexity index is 522. The predicted molar refractivity (Wildman–Crippen MR) is 73.8 cm³/mol. The SMILES string of the molecule is CC(C)Oc1ncccc1CNCc1cncn1C. The highest BCUT2D eigenvalue weighted by molar-refractivity contribution is 5.25. The molecule has 0 aliphatic carbocycles. The summed E-state index contributed by atoms with van der Waals surface area (Å²) >= 11 is 0. The molecule has 2 aromatic rings. The van der Waals surface area contributed by atoms with E-state index in [1.807, 2.05) is 43.8 Å². The first kappa shape index (κ1) is 13.5. The zero-order chi connectivity index (χ0) is 13.7. The summed E-state index contributed by atoms with van der Waals surface area (Å²) in [7, 11) is 1.99. The van der Waals surface area contributed by atoms with Crippen molar-refractivity contribution in [1.82, 2.24) is 19.9 Å². The van der Waals surface area contributed by atoms with Crippen molar-refractivity contribution >= 4 is 0 Å². The van der Waals surface area contributed by atoms with Gasteiger partial charge in [-0.05, 0) is 19.9 Å². The fourth-order valence-corrected chi connectivity index (χ4v) is 1.77. The molecule has 5 nitrogen and oxygen atoms in total. The average Bonchev–Trinajstić information content (AvgIpc) is 2.77. The Balaban J connectivity index is 1.94. The lowest BCUT2D eigenvalue weighted by Crippen LogP contribution is -2.17. The summed E-state index contributed by atoms with van der Waals surface area (Å²) in [5.41, 5.74) is 2.22. The predicted octanol–water partition coefficient (Wildman–Crippen LogP) is 1.89. The molecule has 0 fully saturated rings. The van der Waals surface area contributed by atoms with Gasteiger partial charge in [0.1, 0.15) is 0 Å². The number of rotatable bonds is 6. The quantitative estimate of drug-likeness (QED) is 0.861. The van der Waals surface area contributed by atoms with E-state index in [0.717, 1.165) is 24.3 Å². The fraction of sp³-hybridized carbons (Fsp3) is 0.429. The van der Waals surface area contributed by atoms with Gasteiger partial charge >= 0.3 is 0 Å². The maximum Gasteiger partial charge on any atom is 0.218 e. The number of hydrogen-bond donors (Lipinski definition) is 1. The van der Waals surface area contributed by atoms with Gasteiger partial charge in [-0.2, -0.15) is 0 Å². The van der Waals surface area contributed by atoms with Gasteiger partial charge in [0.15, 0.2) is 0 Å². The first-order valence-corrected chi connectivity index (χ1v) is 6.43. The van der Waals surface area contributed by atoms with Gasteiger partial charge in [-0.25, -0.2) is 9.97 Å². The van der Waals surface area contributed by atoms with Crippen LogP contribution < -0.4 is 10.1 Å². The molecule has 0 saturated heterocycles. The Morgan fingerprint density at radius 2 is 2.21 bits per heavy atom. The molecule has 1 N–H and O–H groups in total. The van der Waals surface area contributed by atoms with Crippen LogP contribution in [0.5, 0.6) is 5.88 Å². The van der Waals surface area contributed by atoms with Gasteiger partial charge in [0.25, 0.3) is 0 Å².